The molecule has 2 aliphatic rings. The number of fused-ring (bicyclic) bond motifs is 3. The van der Waals surface area contributed by atoms with Crippen molar-refractivity contribution in [3.05, 3.63) is 35.4 Å². The van der Waals surface area contributed by atoms with Crippen LogP contribution in [0.5, 0.6) is 0 Å². The SMILES string of the molecule is c1ccc2c(c1)C[C@@H]1CN[C@H]21. The largest absolute Gasteiger partial charge is 0.309 e. The van der Waals surface area contributed by atoms with E-state index in [4.69, 9.17) is 0 Å². The van der Waals surface area contributed by atoms with Crippen molar-refractivity contribution >= 4 is 0 Å². The third-order valence-electron chi connectivity index (χ3n) is 2.94. The van der Waals surface area contributed by atoms with Crippen molar-refractivity contribution in [2.75, 3.05) is 6.54 Å². The molecule has 0 bridgehead atoms. The minimum absolute atomic E-state index is 0.700. The second-order valence-corrected chi connectivity index (χ2v) is 3.55. The summed E-state index contributed by atoms with van der Waals surface area (Å²) in [7, 11) is 0. The van der Waals surface area contributed by atoms with Crippen LogP contribution in [0.3, 0.4) is 0 Å². The zero-order valence-electron chi connectivity index (χ0n) is 6.38. The van der Waals surface area contributed by atoms with Crippen LogP contribution in [0.2, 0.25) is 0 Å². The Labute approximate surface area is 66.4 Å². The van der Waals surface area contributed by atoms with Crippen molar-refractivity contribution in [1.82, 2.24) is 5.32 Å². The van der Waals surface area contributed by atoms with Gasteiger partial charge in [-0.05, 0) is 23.5 Å². The first-order valence-electron chi connectivity index (χ1n) is 4.26. The van der Waals surface area contributed by atoms with Crippen molar-refractivity contribution < 1.29 is 0 Å². The minimum atomic E-state index is 0.700. The molecule has 1 aromatic rings. The molecule has 1 heteroatoms. The van der Waals surface area contributed by atoms with E-state index >= 15 is 0 Å². The zero-order valence-corrected chi connectivity index (χ0v) is 6.38. The molecule has 0 spiro atoms. The van der Waals surface area contributed by atoms with Crippen molar-refractivity contribution in [3.8, 4) is 0 Å². The first-order valence-corrected chi connectivity index (χ1v) is 4.26. The summed E-state index contributed by atoms with van der Waals surface area (Å²) in [6.07, 6.45) is 1.30. The van der Waals surface area contributed by atoms with Crippen LogP contribution >= 0.6 is 0 Å². The topological polar surface area (TPSA) is 12.0 Å². The maximum Gasteiger partial charge on any atom is 0.0366 e. The van der Waals surface area contributed by atoms with E-state index in [1.54, 1.807) is 11.1 Å². The smallest absolute Gasteiger partial charge is 0.0366 e. The Morgan fingerprint density at radius 1 is 1.27 bits per heavy atom. The lowest BCUT2D eigenvalue weighted by molar-refractivity contribution is 0.260. The summed E-state index contributed by atoms with van der Waals surface area (Å²) < 4.78 is 0. The summed E-state index contributed by atoms with van der Waals surface area (Å²) in [6, 6.07) is 9.50. The predicted molar refractivity (Wildman–Crippen MR) is 44.4 cm³/mol. The molecule has 1 aromatic carbocycles. The van der Waals surface area contributed by atoms with Crippen molar-refractivity contribution in [2.45, 2.75) is 12.5 Å². The summed E-state index contributed by atoms with van der Waals surface area (Å²) in [6.45, 7) is 1.22. The number of hydrogen-bond acceptors (Lipinski definition) is 1. The third-order valence-corrected chi connectivity index (χ3v) is 2.94. The van der Waals surface area contributed by atoms with Crippen LogP contribution < -0.4 is 5.32 Å². The van der Waals surface area contributed by atoms with E-state index in [9.17, 15) is 0 Å². The Morgan fingerprint density at radius 2 is 2.18 bits per heavy atom. The van der Waals surface area contributed by atoms with Gasteiger partial charge in [0.05, 0.1) is 0 Å². The van der Waals surface area contributed by atoms with Gasteiger partial charge in [0.1, 0.15) is 0 Å². The van der Waals surface area contributed by atoms with E-state index in [1.807, 2.05) is 0 Å². The summed E-state index contributed by atoms with van der Waals surface area (Å²) in [5, 5.41) is 3.46. The highest BCUT2D eigenvalue weighted by Gasteiger charge is 2.38. The van der Waals surface area contributed by atoms with Gasteiger partial charge in [-0.3, -0.25) is 0 Å². The second kappa shape index (κ2) is 1.86. The van der Waals surface area contributed by atoms with Crippen LogP contribution in [0.1, 0.15) is 17.2 Å². The predicted octanol–water partition coefficient (Wildman–Crippen LogP) is 1.50. The van der Waals surface area contributed by atoms with Gasteiger partial charge in [-0.1, -0.05) is 24.3 Å². The summed E-state index contributed by atoms with van der Waals surface area (Å²) in [5.74, 6) is 0.910. The van der Waals surface area contributed by atoms with E-state index in [0.29, 0.717) is 6.04 Å². The second-order valence-electron chi connectivity index (χ2n) is 3.55. The summed E-state index contributed by atoms with van der Waals surface area (Å²) in [5.41, 5.74) is 3.11. The van der Waals surface area contributed by atoms with Crippen molar-refractivity contribution in [2.24, 2.45) is 5.92 Å². The van der Waals surface area contributed by atoms with E-state index in [1.165, 1.54) is 13.0 Å². The number of hydrogen-bond donors (Lipinski definition) is 1. The molecule has 56 valence electrons. The molecule has 3 rings (SSSR count). The molecule has 0 amide bonds. The summed E-state index contributed by atoms with van der Waals surface area (Å²) >= 11 is 0. The van der Waals surface area contributed by atoms with Crippen LogP contribution in [0.25, 0.3) is 0 Å². The minimum Gasteiger partial charge on any atom is -0.309 e. The van der Waals surface area contributed by atoms with Crippen LogP contribution in [-0.4, -0.2) is 6.54 Å². The van der Waals surface area contributed by atoms with Gasteiger partial charge in [-0.15, -0.1) is 0 Å². The quantitative estimate of drug-likeness (QED) is 0.583. The molecule has 1 saturated heterocycles. The van der Waals surface area contributed by atoms with E-state index in [-0.39, 0.29) is 0 Å². The molecule has 1 aliphatic carbocycles. The van der Waals surface area contributed by atoms with Gasteiger partial charge in [0, 0.05) is 12.6 Å². The average Bonchev–Trinajstić information content (AvgIpc) is 2.23. The lowest BCUT2D eigenvalue weighted by Crippen LogP contribution is -2.43. The lowest BCUT2D eigenvalue weighted by atomic mass is 9.93. The molecule has 1 fully saturated rings. The van der Waals surface area contributed by atoms with Gasteiger partial charge in [-0.2, -0.15) is 0 Å². The Balaban J connectivity index is 2.14. The zero-order chi connectivity index (χ0) is 7.26. The molecule has 1 N–H and O–H groups in total. The lowest BCUT2D eigenvalue weighted by Gasteiger charge is -2.32. The van der Waals surface area contributed by atoms with Gasteiger partial charge >= 0.3 is 0 Å². The molecule has 0 aromatic heterocycles. The highest BCUT2D eigenvalue weighted by molar-refractivity contribution is 5.37. The Kier molecular flexibility index (Phi) is 0.977. The van der Waals surface area contributed by atoms with Gasteiger partial charge < -0.3 is 5.32 Å². The number of nitrogens with one attached hydrogen (secondary N) is 1. The number of rotatable bonds is 0. The maximum absolute atomic E-state index is 3.46. The third kappa shape index (κ3) is 0.641. The molecule has 1 heterocycles. The van der Waals surface area contributed by atoms with E-state index in [0.717, 1.165) is 5.92 Å². The van der Waals surface area contributed by atoms with Crippen LogP contribution in [0.15, 0.2) is 24.3 Å². The fourth-order valence-corrected chi connectivity index (χ4v) is 2.26. The normalized spacial score (nSPS) is 32.4. The first kappa shape index (κ1) is 5.78. The van der Waals surface area contributed by atoms with Crippen LogP contribution in [-0.2, 0) is 6.42 Å². The average molecular weight is 145 g/mol. The molecule has 1 nitrogen and oxygen atoms in total. The van der Waals surface area contributed by atoms with Gasteiger partial charge in [0.15, 0.2) is 0 Å². The molecule has 0 saturated carbocycles. The first-order chi connectivity index (χ1) is 5.45. The van der Waals surface area contributed by atoms with Crippen molar-refractivity contribution in [1.29, 1.82) is 0 Å². The molecule has 2 atom stereocenters. The van der Waals surface area contributed by atoms with E-state index < -0.39 is 0 Å². The van der Waals surface area contributed by atoms with Crippen LogP contribution in [0.4, 0.5) is 0 Å². The fraction of sp³-hybridized carbons (Fsp3) is 0.400. The van der Waals surface area contributed by atoms with Gasteiger partial charge in [0.25, 0.3) is 0 Å². The molecular weight excluding hydrogens is 134 g/mol. The van der Waals surface area contributed by atoms with Crippen molar-refractivity contribution in [3.63, 3.8) is 0 Å². The Morgan fingerprint density at radius 3 is 3.00 bits per heavy atom. The Bertz CT molecular complexity index is 293. The van der Waals surface area contributed by atoms with Gasteiger partial charge in [-0.25, -0.2) is 0 Å². The fourth-order valence-electron chi connectivity index (χ4n) is 2.26. The maximum atomic E-state index is 3.46. The molecular formula is C10H11N. The highest BCUT2D eigenvalue weighted by atomic mass is 15.0. The summed E-state index contributed by atoms with van der Waals surface area (Å²) in [4.78, 5) is 0. The Hall–Kier alpha value is -0.820. The van der Waals surface area contributed by atoms with Gasteiger partial charge in [0.2, 0.25) is 0 Å². The molecule has 11 heavy (non-hydrogen) atoms. The molecule has 1 aliphatic heterocycles. The number of benzene rings is 1. The standard InChI is InChI=1S/C10H11N/c1-2-4-9-7(3-1)5-8-6-11-10(8)9/h1-4,8,10-11H,5-6H2/t8-,10+/m1/s1. The molecule has 0 unspecified atom stereocenters. The monoisotopic (exact) mass is 145 g/mol. The highest BCUT2D eigenvalue weighted by Crippen LogP contribution is 2.40. The molecule has 0 radical (unpaired) electrons. The van der Waals surface area contributed by atoms with E-state index in [2.05, 4.69) is 29.6 Å². The van der Waals surface area contributed by atoms with Crippen LogP contribution in [0, 0.1) is 5.92 Å².